The lowest BCUT2D eigenvalue weighted by molar-refractivity contribution is -0.0755. The third-order valence-corrected chi connectivity index (χ3v) is 4.67. The largest absolute Gasteiger partial charge is 0.372 e. The van der Waals surface area contributed by atoms with Gasteiger partial charge in [-0.2, -0.15) is 0 Å². The Labute approximate surface area is 98.3 Å². The fourth-order valence-corrected chi connectivity index (χ4v) is 3.34. The monoisotopic (exact) mass is 224 g/mol. The van der Waals surface area contributed by atoms with Crippen LogP contribution in [0.15, 0.2) is 0 Å². The van der Waals surface area contributed by atoms with E-state index in [0.29, 0.717) is 12.2 Å². The van der Waals surface area contributed by atoms with Crippen LogP contribution in [0.4, 0.5) is 0 Å². The normalized spacial score (nSPS) is 38.6. The number of morpholine rings is 1. The molecule has 0 radical (unpaired) electrons. The lowest BCUT2D eigenvalue weighted by Crippen LogP contribution is -2.58. The number of fused-ring (bicyclic) bond motifs is 2. The van der Waals surface area contributed by atoms with E-state index in [9.17, 15) is 0 Å². The molecule has 0 amide bonds. The first-order valence-electron chi connectivity index (χ1n) is 6.80. The molecule has 2 saturated heterocycles. The zero-order chi connectivity index (χ0) is 11.2. The summed E-state index contributed by atoms with van der Waals surface area (Å²) in [5.41, 5.74) is 6.27. The summed E-state index contributed by atoms with van der Waals surface area (Å²) in [6.07, 6.45) is 7.63. The molecule has 3 fully saturated rings. The Morgan fingerprint density at radius 1 is 1.19 bits per heavy atom. The maximum absolute atomic E-state index is 6.04. The van der Waals surface area contributed by atoms with E-state index in [4.69, 9.17) is 10.5 Å². The molecule has 92 valence electrons. The van der Waals surface area contributed by atoms with Gasteiger partial charge in [-0.1, -0.05) is 12.8 Å². The summed E-state index contributed by atoms with van der Waals surface area (Å²) in [7, 11) is 0. The van der Waals surface area contributed by atoms with Crippen molar-refractivity contribution < 1.29 is 4.74 Å². The first-order chi connectivity index (χ1) is 7.69. The molecule has 1 saturated carbocycles. The van der Waals surface area contributed by atoms with E-state index in [-0.39, 0.29) is 5.54 Å². The van der Waals surface area contributed by atoms with Crippen LogP contribution in [0.5, 0.6) is 0 Å². The van der Waals surface area contributed by atoms with E-state index >= 15 is 0 Å². The van der Waals surface area contributed by atoms with Crippen molar-refractivity contribution in [2.45, 2.75) is 56.8 Å². The first-order valence-corrected chi connectivity index (χ1v) is 6.80. The Bertz CT molecular complexity index is 255. The van der Waals surface area contributed by atoms with Crippen LogP contribution in [0.2, 0.25) is 0 Å². The predicted molar refractivity (Wildman–Crippen MR) is 64.3 cm³/mol. The van der Waals surface area contributed by atoms with Gasteiger partial charge in [0, 0.05) is 25.2 Å². The van der Waals surface area contributed by atoms with E-state index in [1.807, 2.05) is 0 Å². The summed E-state index contributed by atoms with van der Waals surface area (Å²) < 4.78 is 5.91. The topological polar surface area (TPSA) is 38.5 Å². The van der Waals surface area contributed by atoms with E-state index in [0.717, 1.165) is 25.6 Å². The minimum absolute atomic E-state index is 0.228. The third-order valence-electron chi connectivity index (χ3n) is 4.67. The molecule has 0 aromatic carbocycles. The maximum atomic E-state index is 6.04. The van der Waals surface area contributed by atoms with Crippen molar-refractivity contribution >= 4 is 0 Å². The third kappa shape index (κ3) is 2.01. The number of rotatable bonds is 4. The SMILES string of the molecule is CC(CN)(CC1CC1)N1CC2CCC(C1)O2. The Morgan fingerprint density at radius 2 is 1.81 bits per heavy atom. The number of ether oxygens (including phenoxy) is 1. The van der Waals surface area contributed by atoms with Gasteiger partial charge in [-0.3, -0.25) is 4.90 Å². The Morgan fingerprint density at radius 3 is 2.31 bits per heavy atom. The molecule has 16 heavy (non-hydrogen) atoms. The summed E-state index contributed by atoms with van der Waals surface area (Å²) in [6, 6.07) is 0. The average Bonchev–Trinajstić information content (AvgIpc) is 3.04. The Kier molecular flexibility index (Phi) is 2.73. The average molecular weight is 224 g/mol. The number of hydrogen-bond acceptors (Lipinski definition) is 3. The van der Waals surface area contributed by atoms with Crippen LogP contribution in [0.1, 0.15) is 39.0 Å². The molecule has 0 aromatic rings. The molecule has 3 nitrogen and oxygen atoms in total. The molecule has 0 aromatic heterocycles. The fraction of sp³-hybridized carbons (Fsp3) is 1.00. The molecule has 1 aliphatic carbocycles. The van der Waals surface area contributed by atoms with Crippen molar-refractivity contribution in [1.82, 2.24) is 4.90 Å². The van der Waals surface area contributed by atoms with Crippen molar-refractivity contribution in [3.05, 3.63) is 0 Å². The predicted octanol–water partition coefficient (Wildman–Crippen LogP) is 1.37. The van der Waals surface area contributed by atoms with Gasteiger partial charge in [0.2, 0.25) is 0 Å². The highest BCUT2D eigenvalue weighted by Crippen LogP contribution is 2.40. The summed E-state index contributed by atoms with van der Waals surface area (Å²) in [6.45, 7) is 5.37. The van der Waals surface area contributed by atoms with Crippen LogP contribution in [0, 0.1) is 5.92 Å². The van der Waals surface area contributed by atoms with Crippen molar-refractivity contribution in [3.63, 3.8) is 0 Å². The standard InChI is InChI=1S/C13H24N2O/c1-13(9-14,6-10-2-3-10)15-7-11-4-5-12(8-15)16-11/h10-12H,2-9,14H2,1H3. The molecule has 3 unspecified atom stereocenters. The number of nitrogens with zero attached hydrogens (tertiary/aromatic N) is 1. The minimum atomic E-state index is 0.228. The van der Waals surface area contributed by atoms with Crippen LogP contribution in [-0.4, -0.2) is 42.3 Å². The number of hydrogen-bond donors (Lipinski definition) is 1. The van der Waals surface area contributed by atoms with Crippen molar-refractivity contribution in [2.24, 2.45) is 11.7 Å². The molecule has 2 bridgehead atoms. The van der Waals surface area contributed by atoms with E-state index in [1.165, 1.54) is 32.1 Å². The van der Waals surface area contributed by atoms with Crippen molar-refractivity contribution in [2.75, 3.05) is 19.6 Å². The van der Waals surface area contributed by atoms with Gasteiger partial charge in [0.1, 0.15) is 0 Å². The van der Waals surface area contributed by atoms with Crippen molar-refractivity contribution in [3.8, 4) is 0 Å². The molecule has 3 atom stereocenters. The minimum Gasteiger partial charge on any atom is -0.372 e. The lowest BCUT2D eigenvalue weighted by Gasteiger charge is -2.45. The fourth-order valence-electron chi connectivity index (χ4n) is 3.34. The summed E-state index contributed by atoms with van der Waals surface area (Å²) in [5.74, 6) is 0.953. The van der Waals surface area contributed by atoms with Crippen LogP contribution >= 0.6 is 0 Å². The Balaban J connectivity index is 1.68. The van der Waals surface area contributed by atoms with Gasteiger partial charge in [0.05, 0.1) is 12.2 Å². The van der Waals surface area contributed by atoms with Gasteiger partial charge in [0.25, 0.3) is 0 Å². The molecule has 3 rings (SSSR count). The molecule has 2 aliphatic heterocycles. The number of nitrogens with two attached hydrogens (primary N) is 1. The highest BCUT2D eigenvalue weighted by molar-refractivity contribution is 4.97. The number of likely N-dealkylation sites (tertiary alicyclic amines) is 1. The van der Waals surface area contributed by atoms with Gasteiger partial charge < -0.3 is 10.5 Å². The second-order valence-corrected chi connectivity index (χ2v) is 6.21. The van der Waals surface area contributed by atoms with Crippen molar-refractivity contribution in [1.29, 1.82) is 0 Å². The van der Waals surface area contributed by atoms with Gasteiger partial charge in [-0.15, -0.1) is 0 Å². The van der Waals surface area contributed by atoms with Gasteiger partial charge in [0.15, 0.2) is 0 Å². The second kappa shape index (κ2) is 3.97. The lowest BCUT2D eigenvalue weighted by atomic mass is 9.91. The first kappa shape index (κ1) is 11.0. The van der Waals surface area contributed by atoms with Gasteiger partial charge in [-0.25, -0.2) is 0 Å². The smallest absolute Gasteiger partial charge is 0.0707 e. The van der Waals surface area contributed by atoms with E-state index < -0.39 is 0 Å². The highest BCUT2D eigenvalue weighted by atomic mass is 16.5. The zero-order valence-corrected chi connectivity index (χ0v) is 10.3. The summed E-state index contributed by atoms with van der Waals surface area (Å²) in [4.78, 5) is 2.62. The molecule has 2 heterocycles. The van der Waals surface area contributed by atoms with Crippen LogP contribution < -0.4 is 5.73 Å². The van der Waals surface area contributed by atoms with Crippen LogP contribution in [0.25, 0.3) is 0 Å². The maximum Gasteiger partial charge on any atom is 0.0707 e. The molecular weight excluding hydrogens is 200 g/mol. The van der Waals surface area contributed by atoms with E-state index in [1.54, 1.807) is 0 Å². The highest BCUT2D eigenvalue weighted by Gasteiger charge is 2.43. The molecule has 3 heteroatoms. The molecule has 0 spiro atoms. The Hall–Kier alpha value is -0.120. The van der Waals surface area contributed by atoms with Crippen LogP contribution in [-0.2, 0) is 4.74 Å². The quantitative estimate of drug-likeness (QED) is 0.784. The van der Waals surface area contributed by atoms with E-state index in [2.05, 4.69) is 11.8 Å². The molecule has 3 aliphatic rings. The van der Waals surface area contributed by atoms with Gasteiger partial charge in [-0.05, 0) is 32.1 Å². The second-order valence-electron chi connectivity index (χ2n) is 6.21. The zero-order valence-electron chi connectivity index (χ0n) is 10.3. The molecule has 2 N–H and O–H groups in total. The van der Waals surface area contributed by atoms with Gasteiger partial charge >= 0.3 is 0 Å². The summed E-state index contributed by atoms with van der Waals surface area (Å²) in [5, 5.41) is 0. The molecular formula is C13H24N2O. The summed E-state index contributed by atoms with van der Waals surface area (Å²) >= 11 is 0. The van der Waals surface area contributed by atoms with Crippen LogP contribution in [0.3, 0.4) is 0 Å².